The third-order valence-corrected chi connectivity index (χ3v) is 3.33. The van der Waals surface area contributed by atoms with Crippen LogP contribution in [0, 0.1) is 0 Å². The molecule has 0 saturated carbocycles. The molecule has 2 aromatic rings. The maximum Gasteiger partial charge on any atom is 0.220 e. The summed E-state index contributed by atoms with van der Waals surface area (Å²) in [5.41, 5.74) is 2.28. The molecule has 0 aliphatic heterocycles. The Morgan fingerprint density at radius 1 is 1.19 bits per heavy atom. The molecule has 0 aliphatic carbocycles. The quantitative estimate of drug-likeness (QED) is 0.759. The van der Waals surface area contributed by atoms with E-state index < -0.39 is 0 Å². The molecule has 1 amide bonds. The van der Waals surface area contributed by atoms with E-state index in [1.54, 1.807) is 11.0 Å². The van der Waals surface area contributed by atoms with Gasteiger partial charge in [0.15, 0.2) is 0 Å². The Morgan fingerprint density at radius 3 is 2.62 bits per heavy atom. The third-order valence-electron chi connectivity index (χ3n) is 3.33. The van der Waals surface area contributed by atoms with E-state index in [1.807, 2.05) is 12.1 Å². The van der Waals surface area contributed by atoms with Gasteiger partial charge in [-0.05, 0) is 17.5 Å². The number of hydrogen-bond acceptors (Lipinski definition) is 3. The minimum Gasteiger partial charge on any atom is -0.352 e. The maximum absolute atomic E-state index is 11.6. The summed E-state index contributed by atoms with van der Waals surface area (Å²) in [5.74, 6) is 0.134. The van der Waals surface area contributed by atoms with Gasteiger partial charge in [0.05, 0.1) is 6.54 Å². The molecule has 112 valence electrons. The SMILES string of the molecule is CCCCCC(=O)NCc1ccc(Cn2cncn2)cc1. The number of aromatic nitrogens is 3. The van der Waals surface area contributed by atoms with Gasteiger partial charge in [-0.3, -0.25) is 4.79 Å². The van der Waals surface area contributed by atoms with Crippen LogP contribution in [-0.2, 0) is 17.9 Å². The van der Waals surface area contributed by atoms with Gasteiger partial charge in [0, 0.05) is 13.0 Å². The summed E-state index contributed by atoms with van der Waals surface area (Å²) in [6.45, 7) is 3.44. The molecule has 5 heteroatoms. The molecule has 1 aromatic heterocycles. The molecule has 0 spiro atoms. The van der Waals surface area contributed by atoms with Gasteiger partial charge >= 0.3 is 0 Å². The average Bonchev–Trinajstić information content (AvgIpc) is 3.00. The normalized spacial score (nSPS) is 10.5. The second-order valence-electron chi connectivity index (χ2n) is 5.14. The molecule has 0 atom stereocenters. The predicted octanol–water partition coefficient (Wildman–Crippen LogP) is 2.52. The fourth-order valence-corrected chi connectivity index (χ4v) is 2.09. The topological polar surface area (TPSA) is 59.8 Å². The van der Waals surface area contributed by atoms with E-state index in [1.165, 1.54) is 11.9 Å². The third kappa shape index (κ3) is 5.38. The zero-order chi connectivity index (χ0) is 14.9. The van der Waals surface area contributed by atoms with E-state index >= 15 is 0 Å². The lowest BCUT2D eigenvalue weighted by Crippen LogP contribution is -2.22. The van der Waals surface area contributed by atoms with Gasteiger partial charge in [0.25, 0.3) is 0 Å². The van der Waals surface area contributed by atoms with Crippen molar-refractivity contribution in [1.29, 1.82) is 0 Å². The fourth-order valence-electron chi connectivity index (χ4n) is 2.09. The van der Waals surface area contributed by atoms with Gasteiger partial charge in [0.1, 0.15) is 12.7 Å². The van der Waals surface area contributed by atoms with Crippen LogP contribution in [0.1, 0.15) is 43.7 Å². The maximum atomic E-state index is 11.6. The highest BCUT2D eigenvalue weighted by molar-refractivity contribution is 5.75. The Hall–Kier alpha value is -2.17. The number of carbonyl (C=O) groups excluding carboxylic acids is 1. The van der Waals surface area contributed by atoms with Crippen molar-refractivity contribution in [3.63, 3.8) is 0 Å². The average molecular weight is 286 g/mol. The van der Waals surface area contributed by atoms with Gasteiger partial charge < -0.3 is 5.32 Å². The first-order valence-electron chi connectivity index (χ1n) is 7.45. The van der Waals surface area contributed by atoms with Crippen molar-refractivity contribution in [2.24, 2.45) is 0 Å². The van der Waals surface area contributed by atoms with E-state index in [4.69, 9.17) is 0 Å². The van der Waals surface area contributed by atoms with E-state index in [0.29, 0.717) is 19.5 Å². The highest BCUT2D eigenvalue weighted by Gasteiger charge is 2.01. The molecule has 2 rings (SSSR count). The number of amides is 1. The Bertz CT molecular complexity index is 534. The first-order valence-corrected chi connectivity index (χ1v) is 7.45. The second-order valence-corrected chi connectivity index (χ2v) is 5.14. The molecule has 0 saturated heterocycles. The standard InChI is InChI=1S/C16H22N4O/c1-2-3-4-5-16(21)18-10-14-6-8-15(9-7-14)11-20-13-17-12-19-20/h6-9,12-13H,2-5,10-11H2,1H3,(H,18,21). The Labute approximate surface area is 125 Å². The van der Waals surface area contributed by atoms with Gasteiger partial charge in [0.2, 0.25) is 5.91 Å². The fraction of sp³-hybridized carbons (Fsp3) is 0.438. The molecular weight excluding hydrogens is 264 g/mol. The Balaban J connectivity index is 1.75. The number of nitrogens with one attached hydrogen (secondary N) is 1. The monoisotopic (exact) mass is 286 g/mol. The first kappa shape index (κ1) is 15.2. The van der Waals surface area contributed by atoms with Gasteiger partial charge in [-0.15, -0.1) is 0 Å². The highest BCUT2D eigenvalue weighted by Crippen LogP contribution is 2.06. The summed E-state index contributed by atoms with van der Waals surface area (Å²) in [7, 11) is 0. The minimum absolute atomic E-state index is 0.134. The van der Waals surface area contributed by atoms with Crippen molar-refractivity contribution in [2.75, 3.05) is 0 Å². The number of carbonyl (C=O) groups is 1. The second kappa shape index (κ2) is 8.19. The lowest BCUT2D eigenvalue weighted by Gasteiger charge is -2.06. The van der Waals surface area contributed by atoms with Crippen molar-refractivity contribution in [3.05, 3.63) is 48.0 Å². The molecule has 0 aliphatic rings. The van der Waals surface area contributed by atoms with Crippen molar-refractivity contribution in [3.8, 4) is 0 Å². The number of rotatable bonds is 8. The number of hydrogen-bond donors (Lipinski definition) is 1. The summed E-state index contributed by atoms with van der Waals surface area (Å²) >= 11 is 0. The summed E-state index contributed by atoms with van der Waals surface area (Å²) in [4.78, 5) is 15.6. The van der Waals surface area contributed by atoms with Gasteiger partial charge in [-0.25, -0.2) is 9.67 Å². The molecule has 1 N–H and O–H groups in total. The zero-order valence-corrected chi connectivity index (χ0v) is 12.5. The van der Waals surface area contributed by atoms with E-state index in [0.717, 1.165) is 24.8 Å². The predicted molar refractivity (Wildman–Crippen MR) is 81.6 cm³/mol. The van der Waals surface area contributed by atoms with Crippen molar-refractivity contribution in [2.45, 2.75) is 45.7 Å². The van der Waals surface area contributed by atoms with Crippen LogP contribution in [0.15, 0.2) is 36.9 Å². The molecule has 0 bridgehead atoms. The summed E-state index contributed by atoms with van der Waals surface area (Å²) in [6.07, 6.45) is 7.08. The zero-order valence-electron chi connectivity index (χ0n) is 12.5. The molecule has 21 heavy (non-hydrogen) atoms. The summed E-state index contributed by atoms with van der Waals surface area (Å²) in [6, 6.07) is 8.19. The molecule has 5 nitrogen and oxygen atoms in total. The number of benzene rings is 1. The first-order chi connectivity index (χ1) is 10.3. The van der Waals surface area contributed by atoms with Crippen molar-refractivity contribution >= 4 is 5.91 Å². The summed E-state index contributed by atoms with van der Waals surface area (Å²) in [5, 5.41) is 7.03. The number of nitrogens with zero attached hydrogens (tertiary/aromatic N) is 3. The van der Waals surface area contributed by atoms with Crippen LogP contribution in [0.4, 0.5) is 0 Å². The Kier molecular flexibility index (Phi) is 5.94. The molecule has 0 radical (unpaired) electrons. The largest absolute Gasteiger partial charge is 0.352 e. The van der Waals surface area contributed by atoms with Crippen molar-refractivity contribution < 1.29 is 4.79 Å². The molecule has 1 heterocycles. The van der Waals surface area contributed by atoms with Crippen LogP contribution in [0.2, 0.25) is 0 Å². The lowest BCUT2D eigenvalue weighted by atomic mass is 10.1. The molecule has 1 aromatic carbocycles. The van der Waals surface area contributed by atoms with Crippen LogP contribution in [0.25, 0.3) is 0 Å². The molecule has 0 unspecified atom stereocenters. The van der Waals surface area contributed by atoms with Crippen LogP contribution < -0.4 is 5.32 Å². The van der Waals surface area contributed by atoms with E-state index in [-0.39, 0.29) is 5.91 Å². The van der Waals surface area contributed by atoms with Gasteiger partial charge in [-0.2, -0.15) is 5.10 Å². The number of unbranched alkanes of at least 4 members (excludes halogenated alkanes) is 2. The molecular formula is C16H22N4O. The lowest BCUT2D eigenvalue weighted by molar-refractivity contribution is -0.121. The van der Waals surface area contributed by atoms with Crippen molar-refractivity contribution in [1.82, 2.24) is 20.1 Å². The Morgan fingerprint density at radius 2 is 1.95 bits per heavy atom. The van der Waals surface area contributed by atoms with Crippen LogP contribution in [0.5, 0.6) is 0 Å². The van der Waals surface area contributed by atoms with E-state index in [2.05, 4.69) is 34.5 Å². The summed E-state index contributed by atoms with van der Waals surface area (Å²) < 4.78 is 1.78. The van der Waals surface area contributed by atoms with Crippen LogP contribution in [-0.4, -0.2) is 20.7 Å². The van der Waals surface area contributed by atoms with Crippen LogP contribution in [0.3, 0.4) is 0 Å². The smallest absolute Gasteiger partial charge is 0.220 e. The highest BCUT2D eigenvalue weighted by atomic mass is 16.1. The molecule has 0 fully saturated rings. The minimum atomic E-state index is 0.134. The van der Waals surface area contributed by atoms with Gasteiger partial charge in [-0.1, -0.05) is 44.0 Å². The van der Waals surface area contributed by atoms with Crippen LogP contribution >= 0.6 is 0 Å². The van der Waals surface area contributed by atoms with E-state index in [9.17, 15) is 4.79 Å².